The van der Waals surface area contributed by atoms with Gasteiger partial charge in [0.25, 0.3) is 0 Å². The molecule has 1 aliphatic carbocycles. The van der Waals surface area contributed by atoms with E-state index in [2.05, 4.69) is 18.2 Å². The zero-order chi connectivity index (χ0) is 20.2. The smallest absolute Gasteiger partial charge is 0.174 e. The van der Waals surface area contributed by atoms with Gasteiger partial charge in [0, 0.05) is 17.0 Å². The highest BCUT2D eigenvalue weighted by molar-refractivity contribution is 6.52. The summed E-state index contributed by atoms with van der Waals surface area (Å²) in [5.74, 6) is 1.94. The Hall–Kier alpha value is -2.36. The molecule has 1 fully saturated rings. The molecule has 0 amide bonds. The van der Waals surface area contributed by atoms with Gasteiger partial charge in [-0.3, -0.25) is 0 Å². The van der Waals surface area contributed by atoms with Crippen molar-refractivity contribution in [3.63, 3.8) is 0 Å². The third-order valence-corrected chi connectivity index (χ3v) is 7.10. The van der Waals surface area contributed by atoms with Crippen molar-refractivity contribution in [3.05, 3.63) is 89.5 Å². The lowest BCUT2D eigenvalue weighted by Crippen LogP contribution is -2.28. The van der Waals surface area contributed by atoms with Crippen LogP contribution < -0.4 is 14.2 Å². The summed E-state index contributed by atoms with van der Waals surface area (Å²) in [5, 5.41) is 0. The van der Waals surface area contributed by atoms with Crippen LogP contribution in [0.1, 0.15) is 22.6 Å². The maximum Gasteiger partial charge on any atom is 0.174 e. The Balaban J connectivity index is 1.71. The molecule has 0 aromatic heterocycles. The van der Waals surface area contributed by atoms with E-state index in [0.717, 1.165) is 16.9 Å². The van der Waals surface area contributed by atoms with Crippen LogP contribution in [0.5, 0.6) is 17.2 Å². The van der Waals surface area contributed by atoms with Gasteiger partial charge in [-0.05, 0) is 23.8 Å². The van der Waals surface area contributed by atoms with Crippen LogP contribution in [-0.2, 0) is 5.60 Å². The second-order valence-corrected chi connectivity index (χ2v) is 8.82. The summed E-state index contributed by atoms with van der Waals surface area (Å²) in [4.78, 5) is 0. The minimum atomic E-state index is -1.09. The van der Waals surface area contributed by atoms with Crippen molar-refractivity contribution in [1.29, 1.82) is 0 Å². The lowest BCUT2D eigenvalue weighted by Gasteiger charge is -2.32. The summed E-state index contributed by atoms with van der Waals surface area (Å²) in [5.41, 5.74) is 2.27. The van der Waals surface area contributed by atoms with E-state index in [4.69, 9.17) is 37.4 Å². The number of benzene rings is 3. The Bertz CT molecular complexity index is 1070. The highest BCUT2D eigenvalue weighted by Crippen LogP contribution is 2.77. The maximum atomic E-state index is 6.98. The van der Waals surface area contributed by atoms with Gasteiger partial charge in [-0.2, -0.15) is 0 Å². The number of halogens is 2. The van der Waals surface area contributed by atoms with Crippen LogP contribution in [0.15, 0.2) is 72.8 Å². The van der Waals surface area contributed by atoms with E-state index < -0.39 is 9.93 Å². The van der Waals surface area contributed by atoms with E-state index in [1.165, 1.54) is 5.56 Å². The minimum Gasteiger partial charge on any atom is -0.493 e. The third-order valence-electron chi connectivity index (χ3n) is 6.07. The summed E-state index contributed by atoms with van der Waals surface area (Å²) >= 11 is 14.0. The molecule has 0 unspecified atom stereocenters. The monoisotopic (exact) mass is 426 g/mol. The topological polar surface area (TPSA) is 27.7 Å². The van der Waals surface area contributed by atoms with E-state index in [-0.39, 0.29) is 11.8 Å². The average Bonchev–Trinajstić information content (AvgIpc) is 3.27. The van der Waals surface area contributed by atoms with E-state index in [0.29, 0.717) is 11.5 Å². The van der Waals surface area contributed by atoms with E-state index in [9.17, 15) is 0 Å². The lowest BCUT2D eigenvalue weighted by atomic mass is 9.82. The van der Waals surface area contributed by atoms with E-state index in [1.807, 2.05) is 54.6 Å². The Labute approximate surface area is 180 Å². The lowest BCUT2D eigenvalue weighted by molar-refractivity contribution is 0.137. The average molecular weight is 427 g/mol. The third kappa shape index (κ3) is 2.50. The summed E-state index contributed by atoms with van der Waals surface area (Å²) in [6.07, 6.45) is 0. The fraction of sp³-hybridized carbons (Fsp3) is 0.250. The molecule has 29 heavy (non-hydrogen) atoms. The molecule has 1 heterocycles. The fourth-order valence-corrected chi connectivity index (χ4v) is 5.68. The van der Waals surface area contributed by atoms with Gasteiger partial charge in [-0.15, -0.1) is 0 Å². The largest absolute Gasteiger partial charge is 0.493 e. The van der Waals surface area contributed by atoms with Crippen LogP contribution in [0, 0.1) is 5.92 Å². The fourth-order valence-electron chi connectivity index (χ4n) is 4.70. The molecule has 0 spiro atoms. The van der Waals surface area contributed by atoms with Crippen LogP contribution in [0.4, 0.5) is 0 Å². The molecule has 3 atom stereocenters. The number of ether oxygens (including phenoxy) is 3. The Morgan fingerprint density at radius 1 is 0.828 bits per heavy atom. The SMILES string of the molecule is COc1ccc([C@]23Oc4ccccc4[C@@H](c4ccccc4)[C@H]2C3(Cl)Cl)cc1OC. The summed E-state index contributed by atoms with van der Waals surface area (Å²) in [7, 11) is 3.23. The van der Waals surface area contributed by atoms with Crippen LogP contribution in [0.2, 0.25) is 0 Å². The Morgan fingerprint density at radius 3 is 2.24 bits per heavy atom. The predicted octanol–water partition coefficient (Wildman–Crippen LogP) is 5.93. The molecule has 3 aromatic carbocycles. The standard InChI is InChI=1S/C24H20Cl2O3/c1-27-19-13-12-16(14-20(19)28-2)23-22(24(23,25)26)21(15-8-4-3-5-9-15)17-10-6-7-11-18(17)29-23/h3-14,21-22H,1-2H3/t21-,22-,23+/m1/s1. The maximum absolute atomic E-state index is 6.98. The molecule has 3 nitrogen and oxygen atoms in total. The summed E-state index contributed by atoms with van der Waals surface area (Å²) in [6, 6.07) is 24.1. The number of para-hydroxylation sites is 1. The highest BCUT2D eigenvalue weighted by Gasteiger charge is 2.83. The Morgan fingerprint density at radius 2 is 1.52 bits per heavy atom. The molecule has 5 rings (SSSR count). The first-order valence-electron chi connectivity index (χ1n) is 9.48. The first-order chi connectivity index (χ1) is 14.0. The molecule has 2 aliphatic rings. The molecule has 1 aliphatic heterocycles. The summed E-state index contributed by atoms with van der Waals surface area (Å²) < 4.78 is 16.4. The molecule has 148 valence electrons. The van der Waals surface area contributed by atoms with Gasteiger partial charge >= 0.3 is 0 Å². The van der Waals surface area contributed by atoms with Crippen LogP contribution in [0.3, 0.4) is 0 Å². The van der Waals surface area contributed by atoms with E-state index in [1.54, 1.807) is 14.2 Å². The number of methoxy groups -OCH3 is 2. The van der Waals surface area contributed by atoms with Crippen molar-refractivity contribution in [3.8, 4) is 17.2 Å². The van der Waals surface area contributed by atoms with Crippen molar-refractivity contribution in [2.24, 2.45) is 5.92 Å². The number of hydrogen-bond donors (Lipinski definition) is 0. The normalized spacial score (nSPS) is 25.9. The quantitative estimate of drug-likeness (QED) is 0.484. The van der Waals surface area contributed by atoms with Gasteiger partial charge in [0.2, 0.25) is 0 Å². The van der Waals surface area contributed by atoms with Crippen LogP contribution >= 0.6 is 23.2 Å². The van der Waals surface area contributed by atoms with Crippen LogP contribution in [-0.4, -0.2) is 18.6 Å². The zero-order valence-electron chi connectivity index (χ0n) is 16.1. The van der Waals surface area contributed by atoms with Gasteiger partial charge in [0.05, 0.1) is 20.1 Å². The van der Waals surface area contributed by atoms with Crippen LogP contribution in [0.25, 0.3) is 0 Å². The van der Waals surface area contributed by atoms with Gasteiger partial charge in [0.15, 0.2) is 21.4 Å². The van der Waals surface area contributed by atoms with Gasteiger partial charge in [-0.25, -0.2) is 0 Å². The van der Waals surface area contributed by atoms with E-state index >= 15 is 0 Å². The van der Waals surface area contributed by atoms with Gasteiger partial charge < -0.3 is 14.2 Å². The predicted molar refractivity (Wildman–Crippen MR) is 115 cm³/mol. The van der Waals surface area contributed by atoms with Crippen molar-refractivity contribution in [2.45, 2.75) is 15.9 Å². The summed E-state index contributed by atoms with van der Waals surface area (Å²) in [6.45, 7) is 0. The molecule has 5 heteroatoms. The highest BCUT2D eigenvalue weighted by atomic mass is 35.5. The molecule has 0 bridgehead atoms. The number of hydrogen-bond acceptors (Lipinski definition) is 3. The van der Waals surface area contributed by atoms with Gasteiger partial charge in [0.1, 0.15) is 5.75 Å². The number of alkyl halides is 2. The zero-order valence-corrected chi connectivity index (χ0v) is 17.6. The minimum absolute atomic E-state index is 0.0178. The molecular weight excluding hydrogens is 407 g/mol. The molecule has 3 aromatic rings. The molecule has 0 radical (unpaired) electrons. The molecule has 0 N–H and O–H groups in total. The van der Waals surface area contributed by atoms with Crippen molar-refractivity contribution in [1.82, 2.24) is 0 Å². The van der Waals surface area contributed by atoms with Gasteiger partial charge in [-0.1, -0.05) is 77.8 Å². The van der Waals surface area contributed by atoms with Crippen molar-refractivity contribution in [2.75, 3.05) is 14.2 Å². The number of rotatable bonds is 4. The molecule has 1 saturated carbocycles. The Kier molecular flexibility index (Phi) is 4.23. The van der Waals surface area contributed by atoms with Crippen molar-refractivity contribution >= 4 is 23.2 Å². The second-order valence-electron chi connectivity index (χ2n) is 7.43. The molecule has 0 saturated heterocycles. The first-order valence-corrected chi connectivity index (χ1v) is 10.2. The second kappa shape index (κ2) is 6.58. The van der Waals surface area contributed by atoms with Crippen molar-refractivity contribution < 1.29 is 14.2 Å². The molecular formula is C24H20Cl2O3. The first kappa shape index (κ1) is 18.7. The number of fused-ring (bicyclic) bond motifs is 2.